The van der Waals surface area contributed by atoms with E-state index in [1.807, 2.05) is 36.4 Å². The van der Waals surface area contributed by atoms with Crippen LogP contribution in [-0.2, 0) is 9.59 Å². The molecule has 0 fully saturated rings. The number of ether oxygens (including phenoxy) is 2. The van der Waals surface area contributed by atoms with Gasteiger partial charge in [-0.1, -0.05) is 42.5 Å². The summed E-state index contributed by atoms with van der Waals surface area (Å²) in [6.45, 7) is 1.12. The van der Waals surface area contributed by atoms with Crippen LogP contribution < -0.4 is 20.3 Å². The second kappa shape index (κ2) is 8.85. The van der Waals surface area contributed by atoms with Gasteiger partial charge in [-0.3, -0.25) is 20.4 Å². The van der Waals surface area contributed by atoms with Gasteiger partial charge >= 0.3 is 0 Å². The molecule has 28 heavy (non-hydrogen) atoms. The first kappa shape index (κ1) is 19.2. The number of para-hydroxylation sites is 1. The van der Waals surface area contributed by atoms with Crippen LogP contribution in [-0.4, -0.2) is 24.5 Å². The Balaban J connectivity index is 1.46. The van der Waals surface area contributed by atoms with Crippen LogP contribution in [0.2, 0.25) is 0 Å². The van der Waals surface area contributed by atoms with Crippen LogP contribution in [0.4, 0.5) is 4.39 Å². The molecule has 1 atom stereocenters. The average molecular weight is 382 g/mol. The Morgan fingerprint density at radius 3 is 2.46 bits per heavy atom. The van der Waals surface area contributed by atoms with Gasteiger partial charge in [0.2, 0.25) is 0 Å². The number of halogens is 1. The maximum Gasteiger partial charge on any atom is 0.279 e. The van der Waals surface area contributed by atoms with E-state index in [-0.39, 0.29) is 5.75 Å². The van der Waals surface area contributed by atoms with E-state index >= 15 is 0 Å². The molecule has 0 heterocycles. The third-order valence-corrected chi connectivity index (χ3v) is 3.92. The fourth-order valence-corrected chi connectivity index (χ4v) is 2.47. The highest BCUT2D eigenvalue weighted by molar-refractivity contribution is 5.86. The second-order valence-electron chi connectivity index (χ2n) is 6.03. The molecule has 2 amide bonds. The standard InChI is InChI=1S/C21H19FN2O4/c1-14(28-17-11-10-15-6-2-3-7-16(15)12-17)21(26)24-23-20(25)13-27-19-9-5-4-8-18(19)22/h2-12,14H,13H2,1H3,(H,23,25)(H,24,26)/t14-/m1/s1. The number of nitrogens with one attached hydrogen (secondary N) is 2. The number of amides is 2. The van der Waals surface area contributed by atoms with Gasteiger partial charge in [0.05, 0.1) is 0 Å². The van der Waals surface area contributed by atoms with E-state index in [0.717, 1.165) is 10.8 Å². The van der Waals surface area contributed by atoms with Gasteiger partial charge in [-0.05, 0) is 42.0 Å². The van der Waals surface area contributed by atoms with Gasteiger partial charge in [-0.2, -0.15) is 0 Å². The van der Waals surface area contributed by atoms with Crippen molar-refractivity contribution in [3.63, 3.8) is 0 Å². The van der Waals surface area contributed by atoms with Crippen LogP contribution >= 0.6 is 0 Å². The van der Waals surface area contributed by atoms with Gasteiger partial charge in [-0.15, -0.1) is 0 Å². The lowest BCUT2D eigenvalue weighted by Gasteiger charge is -2.15. The first-order valence-corrected chi connectivity index (χ1v) is 8.64. The molecule has 144 valence electrons. The van der Waals surface area contributed by atoms with Gasteiger partial charge in [0.25, 0.3) is 11.8 Å². The number of benzene rings is 3. The van der Waals surface area contributed by atoms with Gasteiger partial charge in [0.1, 0.15) is 5.75 Å². The van der Waals surface area contributed by atoms with E-state index in [9.17, 15) is 14.0 Å². The molecule has 0 saturated carbocycles. The van der Waals surface area contributed by atoms with Crippen molar-refractivity contribution in [2.24, 2.45) is 0 Å². The normalized spacial score (nSPS) is 11.5. The molecule has 3 aromatic rings. The number of carbonyl (C=O) groups excluding carboxylic acids is 2. The van der Waals surface area contributed by atoms with Gasteiger partial charge in [0, 0.05) is 0 Å². The van der Waals surface area contributed by atoms with Crippen molar-refractivity contribution in [2.45, 2.75) is 13.0 Å². The summed E-state index contributed by atoms with van der Waals surface area (Å²) in [6.07, 6.45) is -0.839. The average Bonchev–Trinajstić information content (AvgIpc) is 2.71. The minimum Gasteiger partial charge on any atom is -0.481 e. The summed E-state index contributed by atoms with van der Waals surface area (Å²) in [6, 6.07) is 19.0. The molecular formula is C21H19FN2O4. The summed E-state index contributed by atoms with van der Waals surface area (Å²) in [5.41, 5.74) is 4.46. The Hall–Kier alpha value is -3.61. The molecule has 6 nitrogen and oxygen atoms in total. The molecule has 3 aromatic carbocycles. The molecular weight excluding hydrogens is 363 g/mol. The van der Waals surface area contributed by atoms with Crippen molar-refractivity contribution in [3.05, 3.63) is 72.5 Å². The van der Waals surface area contributed by atoms with Crippen LogP contribution in [0.3, 0.4) is 0 Å². The van der Waals surface area contributed by atoms with E-state index < -0.39 is 30.3 Å². The number of carbonyl (C=O) groups is 2. The van der Waals surface area contributed by atoms with Crippen LogP contribution in [0, 0.1) is 5.82 Å². The first-order valence-electron chi connectivity index (χ1n) is 8.64. The van der Waals surface area contributed by atoms with Crippen molar-refractivity contribution in [1.82, 2.24) is 10.9 Å². The zero-order chi connectivity index (χ0) is 19.9. The van der Waals surface area contributed by atoms with Crippen molar-refractivity contribution in [2.75, 3.05) is 6.61 Å². The molecule has 0 bridgehead atoms. The molecule has 0 aliphatic carbocycles. The molecule has 7 heteroatoms. The largest absolute Gasteiger partial charge is 0.481 e. The van der Waals surface area contributed by atoms with Gasteiger partial charge in [-0.25, -0.2) is 4.39 Å². The van der Waals surface area contributed by atoms with E-state index in [4.69, 9.17) is 9.47 Å². The predicted octanol–water partition coefficient (Wildman–Crippen LogP) is 2.97. The number of hydrogen-bond acceptors (Lipinski definition) is 4. The highest BCUT2D eigenvalue weighted by Crippen LogP contribution is 2.21. The molecule has 0 aliphatic rings. The predicted molar refractivity (Wildman–Crippen MR) is 102 cm³/mol. The van der Waals surface area contributed by atoms with Crippen molar-refractivity contribution in [1.29, 1.82) is 0 Å². The fourth-order valence-electron chi connectivity index (χ4n) is 2.47. The number of hydrazine groups is 1. The Labute approximate surface area is 161 Å². The summed E-state index contributed by atoms with van der Waals surface area (Å²) in [7, 11) is 0. The molecule has 0 saturated heterocycles. The summed E-state index contributed by atoms with van der Waals surface area (Å²) in [5.74, 6) is -1.24. The fraction of sp³-hybridized carbons (Fsp3) is 0.143. The SMILES string of the molecule is C[C@@H](Oc1ccc2ccccc2c1)C(=O)NNC(=O)COc1ccccc1F. The first-order chi connectivity index (χ1) is 13.5. The lowest BCUT2D eigenvalue weighted by atomic mass is 10.1. The number of fused-ring (bicyclic) bond motifs is 1. The summed E-state index contributed by atoms with van der Waals surface area (Å²) in [5, 5.41) is 2.06. The summed E-state index contributed by atoms with van der Waals surface area (Å²) < 4.78 is 24.1. The number of rotatable bonds is 6. The molecule has 0 aromatic heterocycles. The summed E-state index contributed by atoms with van der Waals surface area (Å²) >= 11 is 0. The molecule has 3 rings (SSSR count). The Morgan fingerprint density at radius 1 is 0.964 bits per heavy atom. The lowest BCUT2D eigenvalue weighted by Crippen LogP contribution is -2.48. The van der Waals surface area contributed by atoms with E-state index in [1.54, 1.807) is 19.1 Å². The Morgan fingerprint density at radius 2 is 1.68 bits per heavy atom. The van der Waals surface area contributed by atoms with E-state index in [2.05, 4.69) is 10.9 Å². The zero-order valence-corrected chi connectivity index (χ0v) is 15.1. The van der Waals surface area contributed by atoms with Crippen molar-refractivity contribution >= 4 is 22.6 Å². The Bertz CT molecular complexity index is 993. The third-order valence-electron chi connectivity index (χ3n) is 3.92. The topological polar surface area (TPSA) is 76.7 Å². The van der Waals surface area contributed by atoms with Gasteiger partial charge < -0.3 is 9.47 Å². The smallest absolute Gasteiger partial charge is 0.279 e. The minimum atomic E-state index is -0.839. The maximum atomic E-state index is 13.4. The van der Waals surface area contributed by atoms with Gasteiger partial charge in [0.15, 0.2) is 24.3 Å². The van der Waals surface area contributed by atoms with E-state index in [0.29, 0.717) is 5.75 Å². The third kappa shape index (κ3) is 4.97. The minimum absolute atomic E-state index is 0.0445. The maximum absolute atomic E-state index is 13.4. The summed E-state index contributed by atoms with van der Waals surface area (Å²) in [4.78, 5) is 23.8. The monoisotopic (exact) mass is 382 g/mol. The molecule has 0 unspecified atom stereocenters. The molecule has 2 N–H and O–H groups in total. The molecule has 0 radical (unpaired) electrons. The van der Waals surface area contributed by atoms with Crippen LogP contribution in [0.1, 0.15) is 6.92 Å². The highest BCUT2D eigenvalue weighted by Gasteiger charge is 2.16. The van der Waals surface area contributed by atoms with Crippen LogP contribution in [0.5, 0.6) is 11.5 Å². The molecule has 0 spiro atoms. The van der Waals surface area contributed by atoms with Crippen LogP contribution in [0.25, 0.3) is 10.8 Å². The second-order valence-corrected chi connectivity index (χ2v) is 6.03. The van der Waals surface area contributed by atoms with Crippen molar-refractivity contribution in [3.8, 4) is 11.5 Å². The van der Waals surface area contributed by atoms with E-state index in [1.165, 1.54) is 18.2 Å². The quantitative estimate of drug-likeness (QED) is 0.643. The Kier molecular flexibility index (Phi) is 6.06. The molecule has 0 aliphatic heterocycles. The van der Waals surface area contributed by atoms with Crippen molar-refractivity contribution < 1.29 is 23.5 Å². The lowest BCUT2D eigenvalue weighted by molar-refractivity contribution is -0.133. The number of hydrogen-bond donors (Lipinski definition) is 2. The highest BCUT2D eigenvalue weighted by atomic mass is 19.1. The van der Waals surface area contributed by atoms with Crippen LogP contribution in [0.15, 0.2) is 66.7 Å². The zero-order valence-electron chi connectivity index (χ0n) is 15.1.